The molecule has 0 fully saturated rings. The second kappa shape index (κ2) is 5.52. The number of rotatable bonds is 5. The highest BCUT2D eigenvalue weighted by molar-refractivity contribution is 6.32. The summed E-state index contributed by atoms with van der Waals surface area (Å²) in [5.41, 5.74) is 0. The highest BCUT2D eigenvalue weighted by Gasteiger charge is 2.10. The standard InChI is InChI=1S/C7H11BO4/c1-5(9)7(11)12-4-6(10)2-3-8/h2-4,8H2,1H3. The van der Waals surface area contributed by atoms with E-state index in [0.29, 0.717) is 6.42 Å². The summed E-state index contributed by atoms with van der Waals surface area (Å²) < 4.78 is 4.38. The highest BCUT2D eigenvalue weighted by Crippen LogP contribution is 1.89. The van der Waals surface area contributed by atoms with E-state index in [1.54, 1.807) is 0 Å². The minimum absolute atomic E-state index is 0.160. The second-order valence-electron chi connectivity index (χ2n) is 2.42. The summed E-state index contributed by atoms with van der Waals surface area (Å²) in [5, 5.41) is 0. The lowest BCUT2D eigenvalue weighted by Gasteiger charge is -1.99. The molecule has 4 nitrogen and oxygen atoms in total. The fourth-order valence-corrected chi connectivity index (χ4v) is 0.599. The Morgan fingerprint density at radius 3 is 2.33 bits per heavy atom. The first kappa shape index (κ1) is 10.9. The van der Waals surface area contributed by atoms with Crippen molar-refractivity contribution in [2.24, 2.45) is 0 Å². The Hall–Kier alpha value is -1.13. The van der Waals surface area contributed by atoms with Crippen LogP contribution in [0.15, 0.2) is 0 Å². The molecule has 12 heavy (non-hydrogen) atoms. The van der Waals surface area contributed by atoms with E-state index in [4.69, 9.17) is 0 Å². The number of esters is 1. The molecule has 0 aromatic rings. The summed E-state index contributed by atoms with van der Waals surface area (Å²) >= 11 is 0. The first-order valence-electron chi connectivity index (χ1n) is 3.77. The minimum atomic E-state index is -0.945. The van der Waals surface area contributed by atoms with E-state index in [2.05, 4.69) is 4.74 Å². The smallest absolute Gasteiger partial charge is 0.374 e. The van der Waals surface area contributed by atoms with Crippen molar-refractivity contribution < 1.29 is 19.1 Å². The van der Waals surface area contributed by atoms with Gasteiger partial charge in [0, 0.05) is 13.3 Å². The molecule has 0 rings (SSSR count). The highest BCUT2D eigenvalue weighted by atomic mass is 16.5. The van der Waals surface area contributed by atoms with Crippen LogP contribution in [0.5, 0.6) is 0 Å². The van der Waals surface area contributed by atoms with Gasteiger partial charge in [-0.25, -0.2) is 4.79 Å². The van der Waals surface area contributed by atoms with Crippen LogP contribution in [0.2, 0.25) is 6.32 Å². The van der Waals surface area contributed by atoms with Crippen LogP contribution in [0.3, 0.4) is 0 Å². The predicted octanol–water partition coefficient (Wildman–Crippen LogP) is -0.871. The van der Waals surface area contributed by atoms with Crippen molar-refractivity contribution in [3.8, 4) is 0 Å². The van der Waals surface area contributed by atoms with Gasteiger partial charge in [0.1, 0.15) is 14.5 Å². The Balaban J connectivity index is 3.61. The van der Waals surface area contributed by atoms with Crippen LogP contribution < -0.4 is 0 Å². The van der Waals surface area contributed by atoms with Gasteiger partial charge in [0.15, 0.2) is 5.78 Å². The molecule has 66 valence electrons. The van der Waals surface area contributed by atoms with Crippen molar-refractivity contribution in [3.63, 3.8) is 0 Å². The predicted molar refractivity (Wildman–Crippen MR) is 44.6 cm³/mol. The number of hydrogen-bond donors (Lipinski definition) is 0. The summed E-state index contributed by atoms with van der Waals surface area (Å²) in [4.78, 5) is 31.6. The molecular formula is C7H11BO4. The van der Waals surface area contributed by atoms with Gasteiger partial charge in [-0.3, -0.25) is 9.59 Å². The third-order valence-corrected chi connectivity index (χ3v) is 1.18. The summed E-state index contributed by atoms with van der Waals surface area (Å²) in [6.07, 6.45) is 1.10. The third kappa shape index (κ3) is 4.65. The van der Waals surface area contributed by atoms with Crippen molar-refractivity contribution in [1.29, 1.82) is 0 Å². The maximum absolute atomic E-state index is 10.8. The average Bonchev–Trinajstić information content (AvgIpc) is 2.00. The summed E-state index contributed by atoms with van der Waals surface area (Å²) in [5.74, 6) is -1.79. The van der Waals surface area contributed by atoms with Gasteiger partial charge in [-0.15, -0.1) is 0 Å². The first-order valence-corrected chi connectivity index (χ1v) is 3.77. The third-order valence-electron chi connectivity index (χ3n) is 1.18. The quantitative estimate of drug-likeness (QED) is 0.305. The molecule has 0 aliphatic carbocycles. The zero-order valence-electron chi connectivity index (χ0n) is 7.25. The maximum Gasteiger partial charge on any atom is 0.374 e. The van der Waals surface area contributed by atoms with Crippen molar-refractivity contribution in [1.82, 2.24) is 0 Å². The molecule has 0 radical (unpaired) electrons. The average molecular weight is 170 g/mol. The molecule has 0 bridgehead atoms. The Morgan fingerprint density at radius 1 is 1.33 bits per heavy atom. The van der Waals surface area contributed by atoms with E-state index in [9.17, 15) is 14.4 Å². The molecule has 0 atom stereocenters. The number of hydrogen-bond acceptors (Lipinski definition) is 4. The number of carbonyl (C=O) groups excluding carboxylic acids is 3. The van der Waals surface area contributed by atoms with E-state index in [1.807, 2.05) is 7.85 Å². The fourth-order valence-electron chi connectivity index (χ4n) is 0.599. The summed E-state index contributed by atoms with van der Waals surface area (Å²) in [7, 11) is 1.85. The topological polar surface area (TPSA) is 60.4 Å². The Labute approximate surface area is 71.7 Å². The Kier molecular flexibility index (Phi) is 5.00. The van der Waals surface area contributed by atoms with Crippen LogP contribution >= 0.6 is 0 Å². The molecule has 0 heterocycles. The van der Waals surface area contributed by atoms with Crippen molar-refractivity contribution in [3.05, 3.63) is 0 Å². The van der Waals surface area contributed by atoms with Crippen LogP contribution in [0.4, 0.5) is 0 Å². The lowest BCUT2D eigenvalue weighted by molar-refractivity contribution is -0.154. The number of carbonyl (C=O) groups is 3. The molecular weight excluding hydrogens is 159 g/mol. The van der Waals surface area contributed by atoms with E-state index in [1.165, 1.54) is 0 Å². The van der Waals surface area contributed by atoms with Gasteiger partial charge in [-0.2, -0.15) is 0 Å². The Bertz CT molecular complexity index is 200. The van der Waals surface area contributed by atoms with Crippen LogP contribution in [0.25, 0.3) is 0 Å². The van der Waals surface area contributed by atoms with Gasteiger partial charge in [-0.05, 0) is 0 Å². The molecule has 0 aromatic heterocycles. The number of ether oxygens (including phenoxy) is 1. The summed E-state index contributed by atoms with van der Waals surface area (Å²) in [6, 6.07) is 0. The molecule has 0 saturated heterocycles. The second-order valence-corrected chi connectivity index (χ2v) is 2.42. The minimum Gasteiger partial charge on any atom is -0.452 e. The SMILES string of the molecule is BCCC(=O)COC(=O)C(C)=O. The Morgan fingerprint density at radius 2 is 1.92 bits per heavy atom. The van der Waals surface area contributed by atoms with Gasteiger partial charge in [0.25, 0.3) is 0 Å². The van der Waals surface area contributed by atoms with Gasteiger partial charge in [-0.1, -0.05) is 6.32 Å². The van der Waals surface area contributed by atoms with Gasteiger partial charge in [0.2, 0.25) is 5.78 Å². The van der Waals surface area contributed by atoms with E-state index in [-0.39, 0.29) is 12.4 Å². The number of Topliss-reactive ketones (excluding diaryl/α,β-unsaturated/α-hetero) is 2. The van der Waals surface area contributed by atoms with Crippen molar-refractivity contribution in [2.45, 2.75) is 19.7 Å². The molecule has 0 unspecified atom stereocenters. The van der Waals surface area contributed by atoms with E-state index < -0.39 is 11.8 Å². The van der Waals surface area contributed by atoms with E-state index >= 15 is 0 Å². The van der Waals surface area contributed by atoms with Crippen molar-refractivity contribution >= 4 is 25.4 Å². The van der Waals surface area contributed by atoms with Gasteiger partial charge >= 0.3 is 5.97 Å². The zero-order chi connectivity index (χ0) is 9.56. The molecule has 0 spiro atoms. The molecule has 0 aromatic carbocycles. The molecule has 0 aliphatic rings. The van der Waals surface area contributed by atoms with Crippen LogP contribution in [0, 0.1) is 0 Å². The lowest BCUT2D eigenvalue weighted by Crippen LogP contribution is -2.18. The normalized spacial score (nSPS) is 9.08. The van der Waals surface area contributed by atoms with Crippen LogP contribution in [-0.2, 0) is 19.1 Å². The first-order chi connectivity index (χ1) is 5.57. The molecule has 0 N–H and O–H groups in total. The van der Waals surface area contributed by atoms with Crippen molar-refractivity contribution in [2.75, 3.05) is 6.61 Å². The van der Waals surface area contributed by atoms with Crippen LogP contribution in [-0.4, -0.2) is 32.0 Å². The zero-order valence-corrected chi connectivity index (χ0v) is 7.25. The van der Waals surface area contributed by atoms with E-state index in [0.717, 1.165) is 13.2 Å². The maximum atomic E-state index is 10.8. The lowest BCUT2D eigenvalue weighted by atomic mass is 10.0. The molecule has 0 amide bonds. The molecule has 0 aliphatic heterocycles. The molecule has 5 heteroatoms. The van der Waals surface area contributed by atoms with Gasteiger partial charge < -0.3 is 4.74 Å². The summed E-state index contributed by atoms with van der Waals surface area (Å²) in [6.45, 7) is 0.818. The monoisotopic (exact) mass is 170 g/mol. The van der Waals surface area contributed by atoms with Crippen LogP contribution in [0.1, 0.15) is 13.3 Å². The number of ketones is 2. The molecule has 0 saturated carbocycles. The fraction of sp³-hybridized carbons (Fsp3) is 0.571. The largest absolute Gasteiger partial charge is 0.452 e. The van der Waals surface area contributed by atoms with Gasteiger partial charge in [0.05, 0.1) is 0 Å².